The first-order valence-corrected chi connectivity index (χ1v) is 27.1. The number of allylic oxidation sites excluding steroid dienone is 2. The lowest BCUT2D eigenvalue weighted by atomic mass is 9.96. The highest BCUT2D eigenvalue weighted by Gasteiger charge is 2.34. The molecular weight excluding hydrogens is 985 g/mol. The predicted octanol–water partition coefficient (Wildman–Crippen LogP) is 6.42. The Hall–Kier alpha value is -6.83. The Balaban J connectivity index is 1.41. The molecule has 0 aliphatic heterocycles. The molecule has 0 bridgehead atoms. The van der Waals surface area contributed by atoms with Crippen LogP contribution in [0.25, 0.3) is 10.8 Å². The first kappa shape index (κ1) is 59.7. The average Bonchev–Trinajstić information content (AvgIpc) is 3.38. The number of fused-ring (bicyclic) bond motifs is 1. The van der Waals surface area contributed by atoms with Crippen LogP contribution in [0.4, 0.5) is 5.69 Å². The molecule has 0 radical (unpaired) electrons. The number of rotatable bonds is 28. The smallest absolute Gasteiger partial charge is 0.338 e. The van der Waals surface area contributed by atoms with E-state index < -0.39 is 88.1 Å². The molecule has 0 unspecified atom stereocenters. The summed E-state index contributed by atoms with van der Waals surface area (Å²) in [5, 5.41) is 21.0. The molecule has 74 heavy (non-hydrogen) atoms. The largest absolute Gasteiger partial charge is 0.480 e. The number of hydrogen-bond donors (Lipinski definition) is 6. The maximum absolute atomic E-state index is 14.1. The number of carboxylic acid groups (broad SMARTS) is 1. The molecule has 0 spiro atoms. The number of anilines is 1. The quantitative estimate of drug-likeness (QED) is 0.0156. The van der Waals surface area contributed by atoms with Gasteiger partial charge in [0.05, 0.1) is 17.0 Å². The normalized spacial score (nSPS) is 14.0. The van der Waals surface area contributed by atoms with E-state index in [1.165, 1.54) is 24.8 Å². The van der Waals surface area contributed by atoms with Crippen molar-refractivity contribution >= 4 is 79.6 Å². The molecule has 19 heteroatoms. The number of carbonyl (C=O) groups excluding carboxylic acids is 6. The topological polar surface area (TPSA) is 246 Å². The Morgan fingerprint density at radius 3 is 1.95 bits per heavy atom. The van der Waals surface area contributed by atoms with Gasteiger partial charge < -0.3 is 36.0 Å². The fourth-order valence-electron chi connectivity index (χ4n) is 7.53. The number of aliphatic carboxylic acids is 1. The summed E-state index contributed by atoms with van der Waals surface area (Å²) in [4.78, 5) is 93.5. The number of ether oxygens (including phenoxy) is 1. The highest BCUT2D eigenvalue weighted by Crippen LogP contribution is 2.30. The summed E-state index contributed by atoms with van der Waals surface area (Å²) >= 11 is 1.32. The maximum atomic E-state index is 14.1. The number of benzene rings is 4. The number of carbonyl (C=O) groups is 7. The summed E-state index contributed by atoms with van der Waals surface area (Å²) in [7, 11) is -0.544. The van der Waals surface area contributed by atoms with Gasteiger partial charge in [-0.1, -0.05) is 119 Å². The Morgan fingerprint density at radius 2 is 1.31 bits per heavy atom. The van der Waals surface area contributed by atoms with Gasteiger partial charge in [-0.05, 0) is 75.3 Å². The van der Waals surface area contributed by atoms with Crippen molar-refractivity contribution in [3.05, 3.63) is 131 Å². The lowest BCUT2D eigenvalue weighted by molar-refractivity contribution is -0.142. The van der Waals surface area contributed by atoms with Crippen molar-refractivity contribution in [2.24, 2.45) is 11.8 Å². The molecule has 0 saturated carbocycles. The highest BCUT2D eigenvalue weighted by atomic mass is 32.2. The van der Waals surface area contributed by atoms with Crippen molar-refractivity contribution in [3.63, 3.8) is 0 Å². The number of thioether (sulfide) groups is 1. The zero-order valence-electron chi connectivity index (χ0n) is 43.5. The van der Waals surface area contributed by atoms with Crippen LogP contribution in [-0.4, -0.2) is 118 Å². The van der Waals surface area contributed by atoms with Crippen molar-refractivity contribution in [2.75, 3.05) is 43.7 Å². The Morgan fingerprint density at radius 1 is 0.703 bits per heavy atom. The summed E-state index contributed by atoms with van der Waals surface area (Å²) in [6.07, 6.45) is 5.74. The van der Waals surface area contributed by atoms with E-state index >= 15 is 0 Å². The summed E-state index contributed by atoms with van der Waals surface area (Å²) in [5.74, 6) is -5.29. The van der Waals surface area contributed by atoms with Crippen LogP contribution in [0.5, 0.6) is 0 Å². The van der Waals surface area contributed by atoms with Crippen molar-refractivity contribution in [2.45, 2.75) is 96.8 Å². The van der Waals surface area contributed by atoms with E-state index in [9.17, 15) is 47.1 Å². The molecule has 0 heterocycles. The lowest BCUT2D eigenvalue weighted by Crippen LogP contribution is -2.60. The minimum atomic E-state index is -4.23. The average molecular weight is 1060 g/mol. The minimum absolute atomic E-state index is 0.0264. The van der Waals surface area contributed by atoms with Crippen LogP contribution in [0.2, 0.25) is 0 Å². The molecule has 0 aliphatic rings. The van der Waals surface area contributed by atoms with Gasteiger partial charge in [-0.2, -0.15) is 11.8 Å². The Bertz CT molecular complexity index is 2800. The second-order valence-corrected chi connectivity index (χ2v) is 21.5. The second kappa shape index (κ2) is 28.6. The van der Waals surface area contributed by atoms with Crippen molar-refractivity contribution in [1.29, 1.82) is 0 Å². The standard InChI is InChI=1S/C55H70N6O11S2/c1-10-37(6)49(53(66)57-38(7)54(67)68)60-52(65)48(34(2)3)59-51(64)44(58-47(62)31-56-74(70,71)46-24-16-21-42-43(46)22-15-23-45(42)61(8)9)33-73-30-29-35(4)17-14-18-36(5)32-72-55(69)41-27-25-40(26-28-41)50(63)39-19-12-11-13-20-39/h11-13,15-16,18-29,34,37-38,44,48-49,56H,10,14,17,30-33H2,1-9H3,(H,57,66)(H,58,62)(H,59,64)(H,60,65)(H,67,68)/b35-29+,36-18+/t37-,38-,44-,48-,49-/m0/s1. The van der Waals surface area contributed by atoms with Gasteiger partial charge in [-0.25, -0.2) is 17.9 Å². The molecule has 4 aromatic rings. The molecule has 5 atom stereocenters. The van der Waals surface area contributed by atoms with Gasteiger partial charge in [-0.15, -0.1) is 0 Å². The van der Waals surface area contributed by atoms with E-state index in [1.807, 2.05) is 64.1 Å². The number of nitrogens with zero attached hydrogens (tertiary/aromatic N) is 1. The molecule has 6 N–H and O–H groups in total. The van der Waals surface area contributed by atoms with E-state index in [0.717, 1.165) is 16.8 Å². The van der Waals surface area contributed by atoms with Crippen molar-refractivity contribution < 1.29 is 51.8 Å². The molecule has 4 rings (SSSR count). The number of amides is 4. The number of sulfonamides is 1. The number of hydrogen-bond acceptors (Lipinski definition) is 12. The fourth-order valence-corrected chi connectivity index (χ4v) is 9.74. The van der Waals surface area contributed by atoms with E-state index in [1.54, 1.807) is 93.6 Å². The van der Waals surface area contributed by atoms with Gasteiger partial charge in [0, 0.05) is 53.2 Å². The summed E-state index contributed by atoms with van der Waals surface area (Å²) in [6.45, 7) is 11.4. The Kier molecular flexibility index (Phi) is 23.1. The SMILES string of the molecule is CC[C@H](C)[C@H](NC(=O)[C@@H](NC(=O)[C@H](CSC/C=C(\C)CC/C=C(\C)COC(=O)c1ccc(C(=O)c2ccccc2)cc1)NC(=O)CNS(=O)(=O)c1cccc2c(N(C)C)cccc12)C(C)C)C(=O)N[C@@H](C)C(=O)O. The maximum Gasteiger partial charge on any atom is 0.338 e. The van der Waals surface area contributed by atoms with E-state index in [4.69, 9.17) is 4.74 Å². The van der Waals surface area contributed by atoms with Gasteiger partial charge in [0.15, 0.2) is 5.78 Å². The first-order chi connectivity index (χ1) is 35.0. The lowest BCUT2D eigenvalue weighted by Gasteiger charge is -2.29. The monoisotopic (exact) mass is 1050 g/mol. The number of esters is 1. The highest BCUT2D eigenvalue weighted by molar-refractivity contribution is 7.99. The van der Waals surface area contributed by atoms with Crippen LogP contribution >= 0.6 is 11.8 Å². The molecule has 0 aliphatic carbocycles. The summed E-state index contributed by atoms with van der Waals surface area (Å²) < 4.78 is 35.2. The van der Waals surface area contributed by atoms with Crippen LogP contribution in [0.15, 0.2) is 119 Å². The van der Waals surface area contributed by atoms with Crippen molar-refractivity contribution in [3.8, 4) is 0 Å². The second-order valence-electron chi connectivity index (χ2n) is 18.7. The summed E-state index contributed by atoms with van der Waals surface area (Å²) in [5.41, 5.74) is 4.02. The number of nitrogens with one attached hydrogen (secondary N) is 5. The zero-order chi connectivity index (χ0) is 54.7. The molecule has 0 aromatic heterocycles. The van der Waals surface area contributed by atoms with E-state index in [2.05, 4.69) is 26.0 Å². The summed E-state index contributed by atoms with van der Waals surface area (Å²) in [6, 6.07) is 20.6. The minimum Gasteiger partial charge on any atom is -0.480 e. The van der Waals surface area contributed by atoms with Crippen LogP contribution in [-0.2, 0) is 38.7 Å². The van der Waals surface area contributed by atoms with Gasteiger partial charge >= 0.3 is 11.9 Å². The van der Waals surface area contributed by atoms with Gasteiger partial charge in [0.25, 0.3) is 0 Å². The van der Waals surface area contributed by atoms with Crippen LogP contribution < -0.4 is 30.9 Å². The third-order valence-electron chi connectivity index (χ3n) is 12.2. The molecule has 0 saturated heterocycles. The van der Waals surface area contributed by atoms with Crippen LogP contribution in [0.3, 0.4) is 0 Å². The van der Waals surface area contributed by atoms with E-state index in [-0.39, 0.29) is 23.0 Å². The molecular formula is C55H70N6O11S2. The van der Waals surface area contributed by atoms with Gasteiger partial charge in [0.2, 0.25) is 33.7 Å². The van der Waals surface area contributed by atoms with Crippen LogP contribution in [0, 0.1) is 11.8 Å². The molecule has 4 aromatic carbocycles. The van der Waals surface area contributed by atoms with E-state index in [0.29, 0.717) is 52.5 Å². The molecule has 398 valence electrons. The third kappa shape index (κ3) is 17.7. The van der Waals surface area contributed by atoms with Crippen LogP contribution in [0.1, 0.15) is 94.0 Å². The predicted molar refractivity (Wildman–Crippen MR) is 289 cm³/mol. The zero-order valence-corrected chi connectivity index (χ0v) is 45.2. The van der Waals surface area contributed by atoms with Gasteiger partial charge in [0.1, 0.15) is 30.8 Å². The fraction of sp³-hybridized carbons (Fsp3) is 0.400. The molecule has 17 nitrogen and oxygen atoms in total. The van der Waals surface area contributed by atoms with Gasteiger partial charge in [-0.3, -0.25) is 28.8 Å². The first-order valence-electron chi connectivity index (χ1n) is 24.4. The third-order valence-corrected chi connectivity index (χ3v) is 14.6. The molecule has 0 fully saturated rings. The molecule has 4 amide bonds. The number of ketones is 1. The number of carboxylic acids is 1. The Labute approximate surface area is 438 Å². The van der Waals surface area contributed by atoms with Crippen molar-refractivity contribution in [1.82, 2.24) is 26.0 Å².